The zero-order valence-electron chi connectivity index (χ0n) is 14.1. The second-order valence-electron chi connectivity index (χ2n) is 5.99. The quantitative estimate of drug-likeness (QED) is 0.663. The lowest BCUT2D eigenvalue weighted by atomic mass is 10.1. The van der Waals surface area contributed by atoms with Crippen LogP contribution in [0.4, 0.5) is 0 Å². The van der Waals surface area contributed by atoms with E-state index in [-0.39, 0.29) is 5.91 Å². The number of rotatable bonds is 6. The Morgan fingerprint density at radius 3 is 2.56 bits per heavy atom. The van der Waals surface area contributed by atoms with Crippen molar-refractivity contribution in [3.63, 3.8) is 0 Å². The van der Waals surface area contributed by atoms with Crippen LogP contribution >= 0.6 is 15.9 Å². The summed E-state index contributed by atoms with van der Waals surface area (Å²) in [6, 6.07) is 20.0. The SMILES string of the molecule is CN(CCCc1ccccc1)C(=O)c1cc(-c2ccc(Br)cc2)n[nH]1. The molecule has 1 amide bonds. The van der Waals surface area contributed by atoms with Crippen LogP contribution in [0.2, 0.25) is 0 Å². The van der Waals surface area contributed by atoms with Crippen molar-refractivity contribution in [2.45, 2.75) is 12.8 Å². The number of benzene rings is 2. The number of hydrogen-bond donors (Lipinski definition) is 1. The molecular weight excluding hydrogens is 378 g/mol. The van der Waals surface area contributed by atoms with Crippen LogP contribution in [0, 0.1) is 0 Å². The van der Waals surface area contributed by atoms with E-state index in [1.54, 1.807) is 11.0 Å². The number of aryl methyl sites for hydroxylation is 1. The van der Waals surface area contributed by atoms with Gasteiger partial charge in [0.25, 0.3) is 5.91 Å². The van der Waals surface area contributed by atoms with E-state index in [0.717, 1.165) is 28.6 Å². The minimum Gasteiger partial charge on any atom is -0.340 e. The highest BCUT2D eigenvalue weighted by atomic mass is 79.9. The predicted octanol–water partition coefficient (Wildman–Crippen LogP) is 4.54. The zero-order chi connectivity index (χ0) is 17.6. The van der Waals surface area contributed by atoms with Crippen molar-refractivity contribution in [2.24, 2.45) is 0 Å². The topological polar surface area (TPSA) is 49.0 Å². The number of nitrogens with zero attached hydrogens (tertiary/aromatic N) is 2. The second kappa shape index (κ2) is 8.12. The maximum absolute atomic E-state index is 12.5. The summed E-state index contributed by atoms with van der Waals surface area (Å²) < 4.78 is 1.02. The first-order valence-corrected chi connectivity index (χ1v) is 9.03. The van der Waals surface area contributed by atoms with Crippen molar-refractivity contribution in [2.75, 3.05) is 13.6 Å². The number of carbonyl (C=O) groups excluding carboxylic acids is 1. The molecule has 0 aliphatic rings. The van der Waals surface area contributed by atoms with E-state index in [4.69, 9.17) is 0 Å². The number of aromatic nitrogens is 2. The van der Waals surface area contributed by atoms with Crippen LogP contribution in [0.1, 0.15) is 22.5 Å². The fourth-order valence-electron chi connectivity index (χ4n) is 2.67. The van der Waals surface area contributed by atoms with Crippen LogP contribution in [0.3, 0.4) is 0 Å². The molecule has 1 heterocycles. The standard InChI is InChI=1S/C20H20BrN3O/c1-24(13-5-8-15-6-3-2-4-7-15)20(25)19-14-18(22-23-19)16-9-11-17(21)12-10-16/h2-4,6-7,9-12,14H,5,8,13H2,1H3,(H,22,23). The maximum Gasteiger partial charge on any atom is 0.271 e. The van der Waals surface area contributed by atoms with E-state index in [2.05, 4.69) is 38.3 Å². The molecule has 1 N–H and O–H groups in total. The van der Waals surface area contributed by atoms with Crippen molar-refractivity contribution in [1.82, 2.24) is 15.1 Å². The molecule has 0 radical (unpaired) electrons. The van der Waals surface area contributed by atoms with Crippen molar-refractivity contribution in [1.29, 1.82) is 0 Å². The average Bonchev–Trinajstić information content (AvgIpc) is 3.12. The molecule has 0 spiro atoms. The van der Waals surface area contributed by atoms with Crippen molar-refractivity contribution < 1.29 is 4.79 Å². The van der Waals surface area contributed by atoms with Crippen molar-refractivity contribution >= 4 is 21.8 Å². The van der Waals surface area contributed by atoms with Gasteiger partial charge in [-0.15, -0.1) is 0 Å². The molecule has 0 saturated carbocycles. The van der Waals surface area contributed by atoms with Crippen LogP contribution in [0.15, 0.2) is 65.1 Å². The smallest absolute Gasteiger partial charge is 0.271 e. The third-order valence-electron chi connectivity index (χ3n) is 4.10. The zero-order valence-corrected chi connectivity index (χ0v) is 15.7. The van der Waals surface area contributed by atoms with E-state index in [1.807, 2.05) is 49.5 Å². The summed E-state index contributed by atoms with van der Waals surface area (Å²) >= 11 is 3.42. The Kier molecular flexibility index (Phi) is 5.66. The number of aromatic amines is 1. The molecule has 0 saturated heterocycles. The number of hydrogen-bond acceptors (Lipinski definition) is 2. The summed E-state index contributed by atoms with van der Waals surface area (Å²) in [5.74, 6) is -0.0380. The normalized spacial score (nSPS) is 10.6. The molecule has 3 aromatic rings. The van der Waals surface area contributed by atoms with Gasteiger partial charge < -0.3 is 4.90 Å². The summed E-state index contributed by atoms with van der Waals surface area (Å²) in [5, 5.41) is 7.11. The van der Waals surface area contributed by atoms with E-state index in [1.165, 1.54) is 5.56 Å². The van der Waals surface area contributed by atoms with Crippen LogP contribution < -0.4 is 0 Å². The van der Waals surface area contributed by atoms with Crippen LogP contribution in [-0.2, 0) is 6.42 Å². The first-order valence-electron chi connectivity index (χ1n) is 8.24. The molecular formula is C20H20BrN3O. The van der Waals surface area contributed by atoms with Gasteiger partial charge >= 0.3 is 0 Å². The first kappa shape index (κ1) is 17.4. The molecule has 0 aliphatic carbocycles. The van der Waals surface area contributed by atoms with Crippen LogP contribution in [0.5, 0.6) is 0 Å². The number of halogens is 1. The molecule has 25 heavy (non-hydrogen) atoms. The fraction of sp³-hybridized carbons (Fsp3) is 0.200. The monoisotopic (exact) mass is 397 g/mol. The first-order chi connectivity index (χ1) is 12.1. The van der Waals surface area contributed by atoms with Gasteiger partial charge in [-0.1, -0.05) is 58.4 Å². The molecule has 1 aromatic heterocycles. The van der Waals surface area contributed by atoms with Gasteiger partial charge in [0.1, 0.15) is 5.69 Å². The van der Waals surface area contributed by atoms with Crippen molar-refractivity contribution in [3.8, 4) is 11.3 Å². The van der Waals surface area contributed by atoms with Gasteiger partial charge in [-0.3, -0.25) is 9.89 Å². The Labute approximate surface area is 156 Å². The van der Waals surface area contributed by atoms with Gasteiger partial charge in [-0.25, -0.2) is 0 Å². The third-order valence-corrected chi connectivity index (χ3v) is 4.63. The molecule has 4 nitrogen and oxygen atoms in total. The van der Waals surface area contributed by atoms with Gasteiger partial charge in [-0.05, 0) is 36.6 Å². The highest BCUT2D eigenvalue weighted by molar-refractivity contribution is 9.10. The summed E-state index contributed by atoms with van der Waals surface area (Å²) in [6.45, 7) is 0.709. The van der Waals surface area contributed by atoms with E-state index in [9.17, 15) is 4.79 Å². The summed E-state index contributed by atoms with van der Waals surface area (Å²) in [5.41, 5.74) is 3.56. The molecule has 128 valence electrons. The molecule has 2 aromatic carbocycles. The molecule has 0 aliphatic heterocycles. The lowest BCUT2D eigenvalue weighted by molar-refractivity contribution is 0.0788. The van der Waals surface area contributed by atoms with Crippen LogP contribution in [0.25, 0.3) is 11.3 Å². The maximum atomic E-state index is 12.5. The summed E-state index contributed by atoms with van der Waals surface area (Å²) in [4.78, 5) is 14.3. The molecule has 3 rings (SSSR count). The third kappa shape index (κ3) is 4.57. The molecule has 0 atom stereocenters. The lowest BCUT2D eigenvalue weighted by Crippen LogP contribution is -2.28. The van der Waals surface area contributed by atoms with E-state index < -0.39 is 0 Å². The Morgan fingerprint density at radius 1 is 1.12 bits per heavy atom. The van der Waals surface area contributed by atoms with Gasteiger partial charge in [0.15, 0.2) is 0 Å². The van der Waals surface area contributed by atoms with Gasteiger partial charge in [0.05, 0.1) is 5.69 Å². The van der Waals surface area contributed by atoms with E-state index in [0.29, 0.717) is 12.2 Å². The largest absolute Gasteiger partial charge is 0.340 e. The highest BCUT2D eigenvalue weighted by Crippen LogP contribution is 2.20. The number of amides is 1. The number of carbonyl (C=O) groups is 1. The molecule has 0 fully saturated rings. The Bertz CT molecular complexity index is 828. The van der Waals surface area contributed by atoms with E-state index >= 15 is 0 Å². The number of nitrogens with one attached hydrogen (secondary N) is 1. The van der Waals surface area contributed by atoms with Gasteiger partial charge in [-0.2, -0.15) is 5.10 Å². The van der Waals surface area contributed by atoms with Gasteiger partial charge in [0, 0.05) is 23.6 Å². The lowest BCUT2D eigenvalue weighted by Gasteiger charge is -2.15. The molecule has 5 heteroatoms. The molecule has 0 unspecified atom stereocenters. The Morgan fingerprint density at radius 2 is 1.84 bits per heavy atom. The van der Waals surface area contributed by atoms with Gasteiger partial charge in [0.2, 0.25) is 0 Å². The average molecular weight is 398 g/mol. The van der Waals surface area contributed by atoms with Crippen molar-refractivity contribution in [3.05, 3.63) is 76.4 Å². The van der Waals surface area contributed by atoms with Crippen LogP contribution in [-0.4, -0.2) is 34.6 Å². The summed E-state index contributed by atoms with van der Waals surface area (Å²) in [7, 11) is 1.83. The minimum atomic E-state index is -0.0380. The Hall–Kier alpha value is -2.40. The summed E-state index contributed by atoms with van der Waals surface area (Å²) in [6.07, 6.45) is 1.89. The number of H-pyrrole nitrogens is 1. The Balaban J connectivity index is 1.58. The second-order valence-corrected chi connectivity index (χ2v) is 6.91. The molecule has 0 bridgehead atoms. The predicted molar refractivity (Wildman–Crippen MR) is 103 cm³/mol. The fourth-order valence-corrected chi connectivity index (χ4v) is 2.94. The minimum absolute atomic E-state index is 0.0380. The highest BCUT2D eigenvalue weighted by Gasteiger charge is 2.15.